The van der Waals surface area contributed by atoms with E-state index in [0.717, 1.165) is 5.56 Å². The van der Waals surface area contributed by atoms with Gasteiger partial charge in [0.15, 0.2) is 0 Å². The molecule has 0 aliphatic rings. The van der Waals surface area contributed by atoms with Crippen LogP contribution in [-0.4, -0.2) is 64.5 Å². The summed E-state index contributed by atoms with van der Waals surface area (Å²) in [7, 11) is 0. The summed E-state index contributed by atoms with van der Waals surface area (Å²) in [5.41, 5.74) is 7.49. The van der Waals surface area contributed by atoms with Crippen LogP contribution in [0.15, 0.2) is 54.6 Å². The van der Waals surface area contributed by atoms with Crippen LogP contribution in [0.3, 0.4) is 0 Å². The van der Waals surface area contributed by atoms with Gasteiger partial charge in [0, 0.05) is 12.8 Å². The number of phenolic OH excluding ortho intramolecular Hbond substituents is 1. The molecule has 2 rings (SSSR count). The number of aliphatic hydroxyl groups excluding tert-OH is 1. The van der Waals surface area contributed by atoms with E-state index in [4.69, 9.17) is 5.73 Å². The second-order valence-corrected chi connectivity index (χ2v) is 9.44. The van der Waals surface area contributed by atoms with Gasteiger partial charge in [-0.3, -0.25) is 19.2 Å². The number of benzene rings is 2. The van der Waals surface area contributed by atoms with Crippen LogP contribution in [-0.2, 0) is 32.0 Å². The molecule has 2 aromatic rings. The minimum atomic E-state index is -1.41. The Labute approximate surface area is 223 Å². The molecule has 0 saturated heterocycles. The van der Waals surface area contributed by atoms with E-state index in [1.807, 2.05) is 19.9 Å². The summed E-state index contributed by atoms with van der Waals surface area (Å²) in [5, 5.41) is 27.4. The maximum absolute atomic E-state index is 13.3. The normalized spacial score (nSPS) is 15.7. The fraction of sp³-hybridized carbons (Fsp3) is 0.429. The van der Waals surface area contributed by atoms with Crippen LogP contribution >= 0.6 is 0 Å². The van der Waals surface area contributed by atoms with Crippen molar-refractivity contribution in [2.45, 2.75) is 70.3 Å². The van der Waals surface area contributed by atoms with Gasteiger partial charge in [0.25, 0.3) is 0 Å². The molecule has 0 aliphatic heterocycles. The molecule has 0 unspecified atom stereocenters. The fourth-order valence-electron chi connectivity index (χ4n) is 3.75. The van der Waals surface area contributed by atoms with E-state index in [0.29, 0.717) is 12.0 Å². The van der Waals surface area contributed by atoms with Crippen LogP contribution in [0.2, 0.25) is 0 Å². The van der Waals surface area contributed by atoms with Crippen molar-refractivity contribution in [1.29, 1.82) is 0 Å². The minimum absolute atomic E-state index is 0.0588. The lowest BCUT2D eigenvalue weighted by molar-refractivity contribution is -0.134. The van der Waals surface area contributed by atoms with Crippen molar-refractivity contribution in [3.8, 4) is 5.75 Å². The Morgan fingerprint density at radius 1 is 0.868 bits per heavy atom. The van der Waals surface area contributed by atoms with Crippen LogP contribution in [0.5, 0.6) is 5.75 Å². The topological polar surface area (TPSA) is 171 Å². The molecule has 0 saturated carbocycles. The number of carbonyl (C=O) groups is 3. The summed E-state index contributed by atoms with van der Waals surface area (Å²) >= 11 is 0. The van der Waals surface area contributed by atoms with Gasteiger partial charge < -0.3 is 31.9 Å². The summed E-state index contributed by atoms with van der Waals surface area (Å²) in [6, 6.07) is 10.8. The Morgan fingerprint density at radius 2 is 1.47 bits per heavy atom. The second kappa shape index (κ2) is 14.8. The Balaban J connectivity index is 2.16. The highest BCUT2D eigenvalue weighted by atomic mass is 16.3. The third-order valence-electron chi connectivity index (χ3n) is 6.37. The number of amides is 3. The van der Waals surface area contributed by atoms with Gasteiger partial charge >= 0.3 is 0 Å². The number of hydrogen-bond donors (Lipinski definition) is 6. The molecule has 0 aliphatic carbocycles. The summed E-state index contributed by atoms with van der Waals surface area (Å²) < 4.78 is 0. The lowest BCUT2D eigenvalue weighted by Gasteiger charge is -2.27. The second-order valence-electron chi connectivity index (χ2n) is 9.44. The molecule has 205 valence electrons. The van der Waals surface area contributed by atoms with Crippen molar-refractivity contribution in [2.75, 3.05) is 0 Å². The summed E-state index contributed by atoms with van der Waals surface area (Å²) in [6.45, 7) is 5.07. The number of nitrogens with two attached hydrogens (primary N) is 1. The number of nitrogens with one attached hydrogen (secondary N) is 3. The van der Waals surface area contributed by atoms with Crippen molar-refractivity contribution in [3.63, 3.8) is 0 Å². The fourth-order valence-corrected chi connectivity index (χ4v) is 3.75. The van der Waals surface area contributed by atoms with Crippen molar-refractivity contribution < 1.29 is 29.4 Å². The van der Waals surface area contributed by atoms with Gasteiger partial charge in [-0.2, -0.15) is 0 Å². The highest BCUT2D eigenvalue weighted by Gasteiger charge is 2.32. The molecule has 0 heterocycles. The first-order chi connectivity index (χ1) is 18.0. The highest BCUT2D eigenvalue weighted by Crippen LogP contribution is 2.12. The molecule has 0 aromatic heterocycles. The Hall–Kier alpha value is -3.76. The zero-order valence-corrected chi connectivity index (χ0v) is 21.9. The molecular formula is C28H37N4O6. The first-order valence-electron chi connectivity index (χ1n) is 12.6. The van der Waals surface area contributed by atoms with Crippen LogP contribution in [0.4, 0.5) is 0 Å². The zero-order chi connectivity index (χ0) is 28.2. The average molecular weight is 526 g/mol. The molecular weight excluding hydrogens is 488 g/mol. The molecule has 10 nitrogen and oxygen atoms in total. The highest BCUT2D eigenvalue weighted by molar-refractivity contribution is 5.94. The third-order valence-corrected chi connectivity index (χ3v) is 6.37. The number of rotatable bonds is 14. The summed E-state index contributed by atoms with van der Waals surface area (Å²) in [4.78, 5) is 50.5. The maximum Gasteiger partial charge on any atom is 0.245 e. The van der Waals surface area contributed by atoms with E-state index in [1.165, 1.54) is 19.1 Å². The van der Waals surface area contributed by atoms with Crippen molar-refractivity contribution in [2.24, 2.45) is 11.7 Å². The van der Waals surface area contributed by atoms with Crippen LogP contribution < -0.4 is 21.7 Å². The molecule has 1 radical (unpaired) electrons. The molecule has 6 atom stereocenters. The average Bonchev–Trinajstić information content (AvgIpc) is 2.91. The molecule has 0 spiro atoms. The van der Waals surface area contributed by atoms with Gasteiger partial charge in [-0.25, -0.2) is 0 Å². The minimum Gasteiger partial charge on any atom is -0.508 e. The number of aromatic hydroxyl groups is 1. The molecule has 10 heteroatoms. The predicted octanol–water partition coefficient (Wildman–Crippen LogP) is 0.496. The maximum atomic E-state index is 13.3. The largest absolute Gasteiger partial charge is 0.508 e. The van der Waals surface area contributed by atoms with Gasteiger partial charge in [0.2, 0.25) is 24.0 Å². The number of hydrogen-bond acceptors (Lipinski definition) is 7. The lowest BCUT2D eigenvalue weighted by Crippen LogP contribution is -2.60. The van der Waals surface area contributed by atoms with Gasteiger partial charge in [-0.05, 0) is 36.1 Å². The smallest absolute Gasteiger partial charge is 0.245 e. The summed E-state index contributed by atoms with van der Waals surface area (Å²) in [6.07, 6.45) is 1.33. The molecule has 3 amide bonds. The number of carbonyl (C=O) groups excluding carboxylic acids is 4. The van der Waals surface area contributed by atoms with E-state index in [2.05, 4.69) is 16.0 Å². The lowest BCUT2D eigenvalue weighted by atomic mass is 9.98. The van der Waals surface area contributed by atoms with Gasteiger partial charge in [-0.15, -0.1) is 0 Å². The van der Waals surface area contributed by atoms with Crippen molar-refractivity contribution >= 4 is 24.0 Å². The van der Waals surface area contributed by atoms with E-state index in [9.17, 15) is 29.4 Å². The molecule has 2 aromatic carbocycles. The van der Waals surface area contributed by atoms with Gasteiger partial charge in [0.05, 0.1) is 18.2 Å². The van der Waals surface area contributed by atoms with Crippen LogP contribution in [0.1, 0.15) is 38.3 Å². The van der Waals surface area contributed by atoms with E-state index >= 15 is 0 Å². The van der Waals surface area contributed by atoms with E-state index in [-0.39, 0.29) is 24.5 Å². The molecule has 38 heavy (non-hydrogen) atoms. The van der Waals surface area contributed by atoms with Gasteiger partial charge in [-0.1, -0.05) is 62.7 Å². The Kier molecular flexibility index (Phi) is 11.9. The Bertz CT molecular complexity index is 1060. The number of aliphatic hydroxyl groups is 1. The quantitative estimate of drug-likeness (QED) is 0.208. The SMILES string of the molecule is CC[C@H](C)[C@H](N)C(=O)N[C@@H](Cc1ccccc1)C(=O)N[C@H](C(=O)N[C@H]([C]=O)Cc1ccc(O)cc1)[C@@H](C)O. The van der Waals surface area contributed by atoms with Crippen LogP contribution in [0, 0.1) is 5.92 Å². The van der Waals surface area contributed by atoms with E-state index in [1.54, 1.807) is 42.7 Å². The number of phenols is 1. The molecule has 0 fully saturated rings. The zero-order valence-electron chi connectivity index (χ0n) is 21.9. The van der Waals surface area contributed by atoms with Crippen molar-refractivity contribution in [1.82, 2.24) is 16.0 Å². The molecule has 7 N–H and O–H groups in total. The predicted molar refractivity (Wildman–Crippen MR) is 143 cm³/mol. The third kappa shape index (κ3) is 9.28. The van der Waals surface area contributed by atoms with E-state index < -0.39 is 48.0 Å². The standard InChI is InChI=1S/C28H37N4O6/c1-4-17(2)24(29)27(37)31-23(15-19-8-6-5-7-9-19)26(36)32-25(18(3)34)28(38)30-21(16-33)14-20-10-12-22(35)13-11-20/h5-13,17-18,21,23-25,34-35H,4,14-15,29H2,1-3H3,(H,30,38)(H,31,37)(H,32,36)/t17-,18+,21-,23-,24-,25-/m0/s1. The first-order valence-corrected chi connectivity index (χ1v) is 12.6. The summed E-state index contributed by atoms with van der Waals surface area (Å²) in [5.74, 6) is -2.04. The van der Waals surface area contributed by atoms with Crippen molar-refractivity contribution in [3.05, 3.63) is 65.7 Å². The monoisotopic (exact) mass is 525 g/mol. The van der Waals surface area contributed by atoms with Crippen LogP contribution in [0.25, 0.3) is 0 Å². The Morgan fingerprint density at radius 3 is 2.03 bits per heavy atom. The molecule has 0 bridgehead atoms. The first kappa shape index (κ1) is 30.5. The van der Waals surface area contributed by atoms with Gasteiger partial charge in [0.1, 0.15) is 17.8 Å².